The van der Waals surface area contributed by atoms with Crippen molar-refractivity contribution < 1.29 is 17.9 Å². The van der Waals surface area contributed by atoms with Gasteiger partial charge in [0.15, 0.2) is 9.84 Å². The number of sulfone groups is 1. The molecule has 0 amide bonds. The van der Waals surface area contributed by atoms with Crippen LogP contribution in [0.3, 0.4) is 0 Å². The second-order valence-corrected chi connectivity index (χ2v) is 7.85. The molecular formula is C15H23NO4S. The Kier molecular flexibility index (Phi) is 4.91. The van der Waals surface area contributed by atoms with Crippen LogP contribution >= 0.6 is 0 Å². The van der Waals surface area contributed by atoms with Crippen LogP contribution in [0, 0.1) is 6.92 Å². The van der Waals surface area contributed by atoms with Gasteiger partial charge in [0.2, 0.25) is 0 Å². The maximum Gasteiger partial charge on any atom is 0.157 e. The maximum absolute atomic E-state index is 12.5. The van der Waals surface area contributed by atoms with E-state index in [-0.39, 0.29) is 11.9 Å². The molecule has 0 bridgehead atoms. The van der Waals surface area contributed by atoms with E-state index in [1.165, 1.54) is 0 Å². The van der Waals surface area contributed by atoms with Crippen molar-refractivity contribution in [3.63, 3.8) is 0 Å². The van der Waals surface area contributed by atoms with Crippen LogP contribution in [-0.4, -0.2) is 39.2 Å². The summed E-state index contributed by atoms with van der Waals surface area (Å²) in [6.07, 6.45) is 0.280. The molecule has 1 fully saturated rings. The molecule has 6 heteroatoms. The smallest absolute Gasteiger partial charge is 0.157 e. The van der Waals surface area contributed by atoms with Gasteiger partial charge in [-0.15, -0.1) is 0 Å². The first-order valence-corrected chi connectivity index (χ1v) is 8.80. The average Bonchev–Trinajstić information content (AvgIpc) is 2.85. The third-order valence-electron chi connectivity index (χ3n) is 3.96. The number of hydrogen-bond donors (Lipinski definition) is 1. The van der Waals surface area contributed by atoms with Crippen LogP contribution in [0.1, 0.15) is 30.5 Å². The fourth-order valence-electron chi connectivity index (χ4n) is 2.79. The molecule has 3 unspecified atom stereocenters. The Hall–Kier alpha value is -1.11. The van der Waals surface area contributed by atoms with Crippen LogP contribution in [-0.2, 0) is 14.6 Å². The molecule has 118 valence electrons. The number of ether oxygens (including phenoxy) is 2. The number of hydrogen-bond acceptors (Lipinski definition) is 5. The first-order chi connectivity index (χ1) is 9.85. The standard InChI is InChI=1S/C15H23NO4S/c1-10-4-5-14(19-3)12(8-10)13(16)9-21(17,18)15-6-7-20-11(15)2/h4-5,8,11,13,15H,6-7,9,16H2,1-3H3. The van der Waals surface area contributed by atoms with Gasteiger partial charge >= 0.3 is 0 Å². The Bertz CT molecular complexity index is 600. The number of benzene rings is 1. The minimum absolute atomic E-state index is 0.0921. The highest BCUT2D eigenvalue weighted by molar-refractivity contribution is 7.92. The van der Waals surface area contributed by atoms with E-state index in [0.29, 0.717) is 18.8 Å². The topological polar surface area (TPSA) is 78.6 Å². The first-order valence-electron chi connectivity index (χ1n) is 7.08. The van der Waals surface area contributed by atoms with Gasteiger partial charge in [0, 0.05) is 18.2 Å². The van der Waals surface area contributed by atoms with Crippen molar-refractivity contribution in [1.29, 1.82) is 0 Å². The predicted octanol–water partition coefficient (Wildman–Crippen LogP) is 1.60. The number of rotatable bonds is 5. The summed E-state index contributed by atoms with van der Waals surface area (Å²) >= 11 is 0. The number of aryl methyl sites for hydroxylation is 1. The number of methoxy groups -OCH3 is 1. The third kappa shape index (κ3) is 3.56. The highest BCUT2D eigenvalue weighted by Gasteiger charge is 2.37. The van der Waals surface area contributed by atoms with Crippen LogP contribution in [0.5, 0.6) is 5.75 Å². The summed E-state index contributed by atoms with van der Waals surface area (Å²) in [6.45, 7) is 4.24. The van der Waals surface area contributed by atoms with E-state index in [0.717, 1.165) is 11.1 Å². The quantitative estimate of drug-likeness (QED) is 0.893. The van der Waals surface area contributed by atoms with E-state index in [2.05, 4.69) is 0 Å². The van der Waals surface area contributed by atoms with Crippen molar-refractivity contribution in [1.82, 2.24) is 0 Å². The molecule has 1 heterocycles. The summed E-state index contributed by atoms with van der Waals surface area (Å²) < 4.78 is 35.7. The fraction of sp³-hybridized carbons (Fsp3) is 0.600. The lowest BCUT2D eigenvalue weighted by atomic mass is 10.1. The van der Waals surface area contributed by atoms with E-state index in [1.54, 1.807) is 14.0 Å². The van der Waals surface area contributed by atoms with Gasteiger partial charge in [0.1, 0.15) is 5.75 Å². The molecular weight excluding hydrogens is 290 g/mol. The Morgan fingerprint density at radius 1 is 1.48 bits per heavy atom. The molecule has 1 aliphatic heterocycles. The van der Waals surface area contributed by atoms with E-state index in [4.69, 9.17) is 15.2 Å². The van der Waals surface area contributed by atoms with Gasteiger partial charge in [-0.1, -0.05) is 17.7 Å². The lowest BCUT2D eigenvalue weighted by Gasteiger charge is -2.20. The van der Waals surface area contributed by atoms with Gasteiger partial charge in [0.05, 0.1) is 24.2 Å². The molecule has 21 heavy (non-hydrogen) atoms. The van der Waals surface area contributed by atoms with E-state index >= 15 is 0 Å². The Morgan fingerprint density at radius 2 is 2.19 bits per heavy atom. The summed E-state index contributed by atoms with van der Waals surface area (Å²) in [5, 5.41) is -0.459. The van der Waals surface area contributed by atoms with Crippen molar-refractivity contribution in [2.45, 2.75) is 37.7 Å². The summed E-state index contributed by atoms with van der Waals surface area (Å²) in [7, 11) is -1.74. The highest BCUT2D eigenvalue weighted by Crippen LogP contribution is 2.29. The molecule has 5 nitrogen and oxygen atoms in total. The lowest BCUT2D eigenvalue weighted by molar-refractivity contribution is 0.126. The molecule has 3 atom stereocenters. The van der Waals surface area contributed by atoms with Crippen LogP contribution in [0.2, 0.25) is 0 Å². The fourth-order valence-corrected chi connectivity index (χ4v) is 4.84. The van der Waals surface area contributed by atoms with Crippen LogP contribution < -0.4 is 10.5 Å². The minimum atomic E-state index is -3.30. The van der Waals surface area contributed by atoms with E-state index in [1.807, 2.05) is 25.1 Å². The Morgan fingerprint density at radius 3 is 2.76 bits per heavy atom. The van der Waals surface area contributed by atoms with Gasteiger partial charge in [-0.25, -0.2) is 8.42 Å². The van der Waals surface area contributed by atoms with Crippen LogP contribution in [0.25, 0.3) is 0 Å². The number of nitrogens with two attached hydrogens (primary N) is 1. The zero-order valence-electron chi connectivity index (χ0n) is 12.7. The summed E-state index contributed by atoms with van der Waals surface area (Å²) in [5.74, 6) is 0.532. The van der Waals surface area contributed by atoms with Crippen LogP contribution in [0.4, 0.5) is 0 Å². The van der Waals surface area contributed by atoms with Gasteiger partial charge in [-0.3, -0.25) is 0 Å². The lowest BCUT2D eigenvalue weighted by Crippen LogP contribution is -2.34. The van der Waals surface area contributed by atoms with Crippen molar-refractivity contribution in [2.75, 3.05) is 19.5 Å². The zero-order chi connectivity index (χ0) is 15.6. The zero-order valence-corrected chi connectivity index (χ0v) is 13.5. The van der Waals surface area contributed by atoms with E-state index < -0.39 is 21.1 Å². The van der Waals surface area contributed by atoms with Gasteiger partial charge in [-0.05, 0) is 26.3 Å². The predicted molar refractivity (Wildman–Crippen MR) is 82.3 cm³/mol. The molecule has 0 aliphatic carbocycles. The average molecular weight is 313 g/mol. The third-order valence-corrected chi connectivity index (χ3v) is 6.33. The summed E-state index contributed by atoms with van der Waals surface area (Å²) in [4.78, 5) is 0. The molecule has 2 N–H and O–H groups in total. The van der Waals surface area contributed by atoms with Crippen molar-refractivity contribution in [2.24, 2.45) is 5.73 Å². The molecule has 1 saturated heterocycles. The highest BCUT2D eigenvalue weighted by atomic mass is 32.2. The van der Waals surface area contributed by atoms with Gasteiger partial charge in [0.25, 0.3) is 0 Å². The van der Waals surface area contributed by atoms with Crippen molar-refractivity contribution in [3.05, 3.63) is 29.3 Å². The maximum atomic E-state index is 12.5. The molecule has 2 rings (SSSR count). The second-order valence-electron chi connectivity index (χ2n) is 5.58. The largest absolute Gasteiger partial charge is 0.496 e. The molecule has 0 saturated carbocycles. The molecule has 0 radical (unpaired) electrons. The Balaban J connectivity index is 2.21. The monoisotopic (exact) mass is 313 g/mol. The molecule has 1 aliphatic rings. The van der Waals surface area contributed by atoms with Crippen LogP contribution in [0.15, 0.2) is 18.2 Å². The summed E-state index contributed by atoms with van der Waals surface area (Å²) in [5.41, 5.74) is 7.89. The Labute approximate surface area is 126 Å². The van der Waals surface area contributed by atoms with Crippen molar-refractivity contribution >= 4 is 9.84 Å². The normalized spacial score (nSPS) is 24.0. The molecule has 1 aromatic carbocycles. The molecule has 0 aromatic heterocycles. The minimum Gasteiger partial charge on any atom is -0.496 e. The molecule has 1 aromatic rings. The first kappa shape index (κ1) is 16.3. The SMILES string of the molecule is COc1ccc(C)cc1C(N)CS(=O)(=O)C1CCOC1C. The van der Waals surface area contributed by atoms with Gasteiger partial charge < -0.3 is 15.2 Å². The van der Waals surface area contributed by atoms with E-state index in [9.17, 15) is 8.42 Å². The van der Waals surface area contributed by atoms with Gasteiger partial charge in [-0.2, -0.15) is 0 Å². The molecule has 0 spiro atoms. The van der Waals surface area contributed by atoms with Crippen molar-refractivity contribution in [3.8, 4) is 5.75 Å². The summed E-state index contributed by atoms with van der Waals surface area (Å²) in [6, 6.07) is 5.01. The second kappa shape index (κ2) is 6.34.